The second-order valence-corrected chi connectivity index (χ2v) is 5.12. The van der Waals surface area contributed by atoms with Gasteiger partial charge in [0.15, 0.2) is 11.6 Å². The minimum atomic E-state index is -1.13. The van der Waals surface area contributed by atoms with Crippen molar-refractivity contribution in [2.24, 2.45) is 0 Å². The van der Waals surface area contributed by atoms with Crippen molar-refractivity contribution in [2.45, 2.75) is 0 Å². The highest BCUT2D eigenvalue weighted by Crippen LogP contribution is 2.22. The Morgan fingerprint density at radius 3 is 2.29 bits per heavy atom. The van der Waals surface area contributed by atoms with Crippen LogP contribution in [0.5, 0.6) is 0 Å². The van der Waals surface area contributed by atoms with Gasteiger partial charge in [0.1, 0.15) is 0 Å². The molecule has 1 aliphatic heterocycles. The van der Waals surface area contributed by atoms with Gasteiger partial charge in [-0.05, 0) is 12.1 Å². The van der Waals surface area contributed by atoms with Gasteiger partial charge in [0.2, 0.25) is 0 Å². The van der Waals surface area contributed by atoms with E-state index in [2.05, 4.69) is 0 Å². The van der Waals surface area contributed by atoms with Gasteiger partial charge in [0.25, 0.3) is 5.91 Å². The number of carboxylic acids is 1. The number of carbonyl (C=O) groups excluding carboxylic acids is 1. The van der Waals surface area contributed by atoms with E-state index >= 15 is 0 Å². The minimum Gasteiger partial charge on any atom is -0.480 e. The van der Waals surface area contributed by atoms with Gasteiger partial charge in [-0.2, -0.15) is 0 Å². The molecule has 1 aliphatic rings. The van der Waals surface area contributed by atoms with Gasteiger partial charge >= 0.3 is 5.97 Å². The van der Waals surface area contributed by atoms with E-state index in [9.17, 15) is 18.4 Å². The molecule has 0 atom stereocenters. The summed E-state index contributed by atoms with van der Waals surface area (Å²) < 4.78 is 26.2. The molecule has 0 aliphatic carbocycles. The van der Waals surface area contributed by atoms with E-state index in [0.29, 0.717) is 26.2 Å². The number of hydrogen-bond donors (Lipinski definition) is 1. The van der Waals surface area contributed by atoms with Crippen molar-refractivity contribution in [3.05, 3.63) is 34.4 Å². The summed E-state index contributed by atoms with van der Waals surface area (Å²) in [6, 6.07) is 1.55. The van der Waals surface area contributed by atoms with Gasteiger partial charge in [-0.25, -0.2) is 8.78 Å². The highest BCUT2D eigenvalue weighted by atomic mass is 35.5. The van der Waals surface area contributed by atoms with E-state index in [1.165, 1.54) is 4.90 Å². The third-order valence-corrected chi connectivity index (χ3v) is 3.57. The van der Waals surface area contributed by atoms with E-state index in [4.69, 9.17) is 16.7 Å². The lowest BCUT2D eigenvalue weighted by atomic mass is 10.1. The number of rotatable bonds is 3. The molecule has 1 heterocycles. The van der Waals surface area contributed by atoms with Crippen molar-refractivity contribution in [2.75, 3.05) is 32.7 Å². The third kappa shape index (κ3) is 3.68. The maximum Gasteiger partial charge on any atom is 0.317 e. The summed E-state index contributed by atoms with van der Waals surface area (Å²) in [5.41, 5.74) is -0.0951. The smallest absolute Gasteiger partial charge is 0.317 e. The maximum absolute atomic E-state index is 13.2. The standard InChI is InChI=1S/C13H13ClF2N2O3/c14-9-6-11(16)10(15)5-8(9)13(21)18-3-1-17(2-4-18)7-12(19)20/h5-6H,1-4,7H2,(H,19,20). The highest BCUT2D eigenvalue weighted by molar-refractivity contribution is 6.33. The Morgan fingerprint density at radius 1 is 1.14 bits per heavy atom. The Bertz CT molecular complexity index is 575. The second kappa shape index (κ2) is 6.36. The van der Waals surface area contributed by atoms with Crippen molar-refractivity contribution in [1.29, 1.82) is 0 Å². The van der Waals surface area contributed by atoms with Crippen molar-refractivity contribution < 1.29 is 23.5 Å². The van der Waals surface area contributed by atoms with E-state index in [1.54, 1.807) is 4.90 Å². The Labute approximate surface area is 124 Å². The number of piperazine rings is 1. The number of benzene rings is 1. The van der Waals surface area contributed by atoms with Crippen LogP contribution >= 0.6 is 11.6 Å². The summed E-state index contributed by atoms with van der Waals surface area (Å²) in [6.07, 6.45) is 0. The molecule has 21 heavy (non-hydrogen) atoms. The van der Waals surface area contributed by atoms with Gasteiger partial charge < -0.3 is 10.0 Å². The van der Waals surface area contributed by atoms with Crippen LogP contribution in [0.25, 0.3) is 0 Å². The molecule has 8 heteroatoms. The summed E-state index contributed by atoms with van der Waals surface area (Å²) in [5, 5.41) is 8.55. The molecule has 1 fully saturated rings. The number of aliphatic carboxylic acids is 1. The van der Waals surface area contributed by atoms with Crippen LogP contribution in [0.4, 0.5) is 8.78 Å². The predicted molar refractivity (Wildman–Crippen MR) is 71.3 cm³/mol. The zero-order valence-electron chi connectivity index (χ0n) is 11.0. The topological polar surface area (TPSA) is 60.9 Å². The molecule has 0 spiro atoms. The van der Waals surface area contributed by atoms with Crippen LogP contribution in [0.15, 0.2) is 12.1 Å². The first kappa shape index (κ1) is 15.7. The van der Waals surface area contributed by atoms with Crippen LogP contribution in [0.3, 0.4) is 0 Å². The summed E-state index contributed by atoms with van der Waals surface area (Å²) in [4.78, 5) is 26.0. The lowest BCUT2D eigenvalue weighted by molar-refractivity contribution is -0.138. The van der Waals surface area contributed by atoms with Gasteiger partial charge in [0.05, 0.1) is 17.1 Å². The molecule has 0 radical (unpaired) electrons. The van der Waals surface area contributed by atoms with Crippen molar-refractivity contribution in [3.8, 4) is 0 Å². The fourth-order valence-corrected chi connectivity index (χ4v) is 2.39. The number of hydrogen-bond acceptors (Lipinski definition) is 3. The van der Waals surface area contributed by atoms with Crippen molar-refractivity contribution >= 4 is 23.5 Å². The van der Waals surface area contributed by atoms with Gasteiger partial charge in [-0.1, -0.05) is 11.6 Å². The Hall–Kier alpha value is -1.73. The first-order valence-corrected chi connectivity index (χ1v) is 6.64. The molecule has 0 bridgehead atoms. The minimum absolute atomic E-state index is 0.0893. The van der Waals surface area contributed by atoms with E-state index in [-0.39, 0.29) is 17.1 Å². The number of amides is 1. The highest BCUT2D eigenvalue weighted by Gasteiger charge is 2.25. The average molecular weight is 319 g/mol. The monoisotopic (exact) mass is 318 g/mol. The molecule has 2 rings (SSSR count). The van der Waals surface area contributed by atoms with E-state index < -0.39 is 23.5 Å². The molecule has 0 unspecified atom stereocenters. The van der Waals surface area contributed by atoms with Gasteiger partial charge in [0, 0.05) is 26.2 Å². The zero-order chi connectivity index (χ0) is 15.6. The molecule has 0 aromatic heterocycles. The fourth-order valence-electron chi connectivity index (χ4n) is 2.16. The van der Waals surface area contributed by atoms with E-state index in [1.807, 2.05) is 0 Å². The molecule has 1 aromatic rings. The molecule has 5 nitrogen and oxygen atoms in total. The largest absolute Gasteiger partial charge is 0.480 e. The van der Waals surface area contributed by atoms with Gasteiger partial charge in [-0.3, -0.25) is 14.5 Å². The number of carboxylic acid groups (broad SMARTS) is 1. The van der Waals surface area contributed by atoms with Crippen LogP contribution in [0, 0.1) is 11.6 Å². The molecule has 1 aromatic carbocycles. The van der Waals surface area contributed by atoms with E-state index in [0.717, 1.165) is 12.1 Å². The fraction of sp³-hybridized carbons (Fsp3) is 0.385. The van der Waals surface area contributed by atoms with Crippen molar-refractivity contribution in [3.63, 3.8) is 0 Å². The van der Waals surface area contributed by atoms with Crippen molar-refractivity contribution in [1.82, 2.24) is 9.80 Å². The van der Waals surface area contributed by atoms with Crippen LogP contribution in [-0.4, -0.2) is 59.5 Å². The summed E-state index contributed by atoms with van der Waals surface area (Å²) in [6.45, 7) is 1.33. The van der Waals surface area contributed by atoms with Crippen LogP contribution in [-0.2, 0) is 4.79 Å². The molecular formula is C13H13ClF2N2O3. The molecule has 1 N–H and O–H groups in total. The molecule has 114 valence electrons. The molecular weight excluding hydrogens is 306 g/mol. The normalized spacial score (nSPS) is 16.0. The zero-order valence-corrected chi connectivity index (χ0v) is 11.7. The van der Waals surface area contributed by atoms with Crippen LogP contribution in [0.2, 0.25) is 5.02 Å². The first-order chi connectivity index (χ1) is 9.88. The first-order valence-electron chi connectivity index (χ1n) is 6.26. The maximum atomic E-state index is 13.2. The predicted octanol–water partition coefficient (Wildman–Crippen LogP) is 1.46. The summed E-state index contributed by atoms with van der Waals surface area (Å²) >= 11 is 5.77. The number of carbonyl (C=O) groups is 2. The van der Waals surface area contributed by atoms with Crippen LogP contribution < -0.4 is 0 Å². The molecule has 1 amide bonds. The summed E-state index contributed by atoms with van der Waals surface area (Å²) in [5.74, 6) is -3.66. The van der Waals surface area contributed by atoms with Gasteiger partial charge in [-0.15, -0.1) is 0 Å². The SMILES string of the molecule is O=C(O)CN1CCN(C(=O)c2cc(F)c(F)cc2Cl)CC1. The lowest BCUT2D eigenvalue weighted by Gasteiger charge is -2.34. The lowest BCUT2D eigenvalue weighted by Crippen LogP contribution is -2.50. The Morgan fingerprint density at radius 2 is 1.71 bits per heavy atom. The Balaban J connectivity index is 2.05. The molecule has 1 saturated heterocycles. The average Bonchev–Trinajstić information content (AvgIpc) is 2.42. The second-order valence-electron chi connectivity index (χ2n) is 4.71. The Kier molecular flexibility index (Phi) is 4.74. The quantitative estimate of drug-likeness (QED) is 0.857. The number of nitrogens with zero attached hydrogens (tertiary/aromatic N) is 2. The summed E-state index contributed by atoms with van der Waals surface area (Å²) in [7, 11) is 0. The number of halogens is 3. The molecule has 0 saturated carbocycles. The van der Waals surface area contributed by atoms with Crippen LogP contribution in [0.1, 0.15) is 10.4 Å². The third-order valence-electron chi connectivity index (χ3n) is 3.26.